The molecule has 0 aromatic rings. The van der Waals surface area contributed by atoms with Gasteiger partial charge in [0.1, 0.15) is 5.37 Å². The number of amides is 1. The molecule has 0 aromatic heterocycles. The van der Waals surface area contributed by atoms with Crippen LogP contribution in [0.1, 0.15) is 6.92 Å². The van der Waals surface area contributed by atoms with Gasteiger partial charge in [0.15, 0.2) is 9.84 Å². The Labute approximate surface area is 81.4 Å². The zero-order chi connectivity index (χ0) is 11.1. The van der Waals surface area contributed by atoms with Crippen molar-refractivity contribution in [2.45, 2.75) is 12.3 Å². The molecule has 1 heterocycles. The van der Waals surface area contributed by atoms with Crippen molar-refractivity contribution in [3.8, 4) is 0 Å². The summed E-state index contributed by atoms with van der Waals surface area (Å²) in [6.07, 6.45) is 0.975. The van der Waals surface area contributed by atoms with Gasteiger partial charge in [-0.3, -0.25) is 4.79 Å². The normalized spacial score (nSPS) is 27.3. The van der Waals surface area contributed by atoms with Gasteiger partial charge in [0.25, 0.3) is 0 Å². The Bertz CT molecular complexity index is 374. The van der Waals surface area contributed by atoms with Crippen LogP contribution in [0, 0.1) is 5.92 Å². The first-order valence-corrected chi connectivity index (χ1v) is 5.90. The van der Waals surface area contributed by atoms with Crippen molar-refractivity contribution in [1.29, 1.82) is 0 Å². The van der Waals surface area contributed by atoms with E-state index in [1.165, 1.54) is 6.92 Å². The van der Waals surface area contributed by atoms with Gasteiger partial charge in [0.05, 0.1) is 18.4 Å². The highest BCUT2D eigenvalue weighted by atomic mass is 32.2. The van der Waals surface area contributed by atoms with Gasteiger partial charge in [0, 0.05) is 6.26 Å². The Kier molecular flexibility index (Phi) is 2.53. The predicted molar refractivity (Wildman–Crippen MR) is 44.5 cm³/mol. The second kappa shape index (κ2) is 3.23. The van der Waals surface area contributed by atoms with Crippen molar-refractivity contribution in [3.63, 3.8) is 0 Å². The number of hydrogen-bond acceptors (Lipinski definition) is 5. The highest BCUT2D eigenvalue weighted by molar-refractivity contribution is 7.91. The minimum atomic E-state index is -3.43. The summed E-state index contributed by atoms with van der Waals surface area (Å²) < 4.78 is 22.3. The van der Waals surface area contributed by atoms with Crippen LogP contribution in [0.25, 0.3) is 0 Å². The Balaban J connectivity index is 2.86. The summed E-state index contributed by atoms with van der Waals surface area (Å²) in [6.45, 7) is 0.792. The van der Waals surface area contributed by atoms with E-state index in [-0.39, 0.29) is 0 Å². The monoisotopic (exact) mass is 220 g/mol. The topological polar surface area (TPSA) is 94.6 Å². The third-order valence-corrected chi connectivity index (χ3v) is 3.69. The van der Waals surface area contributed by atoms with E-state index < -0.39 is 39.6 Å². The van der Waals surface area contributed by atoms with Crippen LogP contribution in [0.15, 0.2) is 0 Å². The van der Waals surface area contributed by atoms with Gasteiger partial charge in [-0.25, -0.2) is 8.42 Å². The summed E-state index contributed by atoms with van der Waals surface area (Å²) in [5, 5.41) is 9.21. The number of carboxylic acids is 1. The number of hydrogen-bond donors (Lipinski definition) is 0. The molecule has 6 nitrogen and oxygen atoms in total. The fourth-order valence-corrected chi connectivity index (χ4v) is 3.10. The third kappa shape index (κ3) is 1.72. The first-order chi connectivity index (χ1) is 6.25. The first-order valence-electron chi connectivity index (χ1n) is 3.94. The highest BCUT2D eigenvalue weighted by Gasteiger charge is 2.49. The lowest BCUT2D eigenvalue weighted by Crippen LogP contribution is -2.64. The fourth-order valence-electron chi connectivity index (χ4n) is 1.61. The molecule has 0 saturated carbocycles. The Morgan fingerprint density at radius 1 is 1.57 bits per heavy atom. The van der Waals surface area contributed by atoms with E-state index in [1.54, 1.807) is 0 Å². The molecule has 0 aliphatic carbocycles. The van der Waals surface area contributed by atoms with Crippen molar-refractivity contribution in [1.82, 2.24) is 4.90 Å². The molecule has 0 N–H and O–H groups in total. The molecule has 7 heteroatoms. The molecule has 1 saturated heterocycles. The zero-order valence-corrected chi connectivity index (χ0v) is 8.58. The zero-order valence-electron chi connectivity index (χ0n) is 7.76. The summed E-state index contributed by atoms with van der Waals surface area (Å²) in [7, 11) is -3.43. The molecule has 2 unspecified atom stereocenters. The summed E-state index contributed by atoms with van der Waals surface area (Å²) in [5.74, 6) is -2.59. The molecule has 14 heavy (non-hydrogen) atoms. The average molecular weight is 220 g/mol. The number of sulfone groups is 1. The van der Waals surface area contributed by atoms with E-state index in [1.807, 2.05) is 0 Å². The molecule has 1 fully saturated rings. The summed E-state index contributed by atoms with van der Waals surface area (Å²) in [4.78, 5) is 22.2. The molecular weight excluding hydrogens is 210 g/mol. The van der Waals surface area contributed by atoms with Crippen LogP contribution in [0.4, 0.5) is 0 Å². The third-order valence-electron chi connectivity index (χ3n) is 2.15. The molecule has 2 atom stereocenters. The Morgan fingerprint density at radius 3 is 2.43 bits per heavy atom. The lowest BCUT2D eigenvalue weighted by molar-refractivity contribution is -0.306. The maximum Gasteiger partial charge on any atom is 0.229 e. The van der Waals surface area contributed by atoms with Gasteiger partial charge in [-0.1, -0.05) is 6.92 Å². The van der Waals surface area contributed by atoms with Gasteiger partial charge in [0.2, 0.25) is 5.91 Å². The number of β-lactam (4-membered cyclic amide) rings is 1. The van der Waals surface area contributed by atoms with Crippen molar-refractivity contribution < 1.29 is 23.1 Å². The SMILES string of the molecule is CC1C(=O)N(CC(=O)[O-])C1S(C)(=O)=O. The lowest BCUT2D eigenvalue weighted by Gasteiger charge is -2.44. The average Bonchev–Trinajstić information content (AvgIpc) is 1.99. The van der Waals surface area contributed by atoms with Gasteiger partial charge < -0.3 is 14.8 Å². The van der Waals surface area contributed by atoms with Gasteiger partial charge >= 0.3 is 0 Å². The van der Waals surface area contributed by atoms with Crippen LogP contribution < -0.4 is 5.11 Å². The van der Waals surface area contributed by atoms with Crippen LogP contribution in [-0.2, 0) is 19.4 Å². The van der Waals surface area contributed by atoms with Crippen LogP contribution >= 0.6 is 0 Å². The number of carboxylic acid groups (broad SMARTS) is 1. The molecule has 0 bridgehead atoms. The van der Waals surface area contributed by atoms with Crippen molar-refractivity contribution in [2.24, 2.45) is 5.92 Å². The van der Waals surface area contributed by atoms with E-state index in [4.69, 9.17) is 0 Å². The highest BCUT2D eigenvalue weighted by Crippen LogP contribution is 2.29. The number of carbonyl (C=O) groups excluding carboxylic acids is 2. The van der Waals surface area contributed by atoms with Crippen molar-refractivity contribution in [2.75, 3.05) is 12.8 Å². The summed E-state index contributed by atoms with van der Waals surface area (Å²) in [6, 6.07) is 0. The number of nitrogens with zero attached hydrogens (tertiary/aromatic N) is 1. The fraction of sp³-hybridized carbons (Fsp3) is 0.714. The number of aliphatic carboxylic acids is 1. The second-order valence-electron chi connectivity index (χ2n) is 3.35. The van der Waals surface area contributed by atoms with E-state index in [2.05, 4.69) is 0 Å². The van der Waals surface area contributed by atoms with Crippen LogP contribution in [-0.4, -0.2) is 43.4 Å². The molecule has 0 aromatic carbocycles. The Hall–Kier alpha value is -1.11. The molecule has 1 aliphatic rings. The van der Waals surface area contributed by atoms with Crippen molar-refractivity contribution in [3.05, 3.63) is 0 Å². The quantitative estimate of drug-likeness (QED) is 0.493. The first kappa shape index (κ1) is 11.0. The van der Waals surface area contributed by atoms with Gasteiger partial charge in [-0.15, -0.1) is 0 Å². The van der Waals surface area contributed by atoms with Crippen LogP contribution in [0.2, 0.25) is 0 Å². The summed E-state index contributed by atoms with van der Waals surface area (Å²) in [5.41, 5.74) is 0. The molecule has 1 rings (SSSR count). The molecule has 1 aliphatic heterocycles. The molecule has 1 amide bonds. The standard InChI is InChI=1S/C7H11NO5S/c1-4-6(11)8(3-5(9)10)7(4)14(2,12)13/h4,7H,3H2,1-2H3,(H,9,10)/p-1. The van der Waals surface area contributed by atoms with Gasteiger partial charge in [-0.2, -0.15) is 0 Å². The minimum Gasteiger partial charge on any atom is -0.548 e. The van der Waals surface area contributed by atoms with E-state index in [0.29, 0.717) is 0 Å². The molecular formula is C7H10NO5S-. The molecule has 0 radical (unpaired) electrons. The van der Waals surface area contributed by atoms with E-state index in [0.717, 1.165) is 11.2 Å². The number of carbonyl (C=O) groups is 2. The van der Waals surface area contributed by atoms with E-state index in [9.17, 15) is 23.1 Å². The number of rotatable bonds is 3. The van der Waals surface area contributed by atoms with Crippen LogP contribution in [0.5, 0.6) is 0 Å². The van der Waals surface area contributed by atoms with Crippen LogP contribution in [0.3, 0.4) is 0 Å². The van der Waals surface area contributed by atoms with Crippen molar-refractivity contribution >= 4 is 21.7 Å². The molecule has 80 valence electrons. The minimum absolute atomic E-state index is 0.468. The maximum atomic E-state index is 11.2. The molecule has 0 spiro atoms. The maximum absolute atomic E-state index is 11.2. The smallest absolute Gasteiger partial charge is 0.229 e. The lowest BCUT2D eigenvalue weighted by atomic mass is 10.0. The summed E-state index contributed by atoms with van der Waals surface area (Å²) >= 11 is 0. The second-order valence-corrected chi connectivity index (χ2v) is 5.49. The Morgan fingerprint density at radius 2 is 2.07 bits per heavy atom. The predicted octanol–water partition coefficient (Wildman–Crippen LogP) is -2.41. The number of likely N-dealkylation sites (tertiary alicyclic amines) is 1. The van der Waals surface area contributed by atoms with Gasteiger partial charge in [-0.05, 0) is 0 Å². The van der Waals surface area contributed by atoms with E-state index >= 15 is 0 Å². The largest absolute Gasteiger partial charge is 0.548 e.